The summed E-state index contributed by atoms with van der Waals surface area (Å²) >= 11 is 6.22. The zero-order chi connectivity index (χ0) is 14.0. The Hall–Kier alpha value is -1.49. The van der Waals surface area contributed by atoms with Gasteiger partial charge in [-0.05, 0) is 18.4 Å². The SMILES string of the molecule is CC(C)C(Cl)Cc1cc2c(cc1[N+](=O)[O-])OCCO2. The highest BCUT2D eigenvalue weighted by molar-refractivity contribution is 6.20. The van der Waals surface area contributed by atoms with Gasteiger partial charge in [0.25, 0.3) is 5.69 Å². The summed E-state index contributed by atoms with van der Waals surface area (Å²) in [6.07, 6.45) is 0.437. The third-order valence-electron chi connectivity index (χ3n) is 3.08. The summed E-state index contributed by atoms with van der Waals surface area (Å²) in [5.41, 5.74) is 0.624. The molecule has 0 fully saturated rings. The molecule has 5 nitrogen and oxygen atoms in total. The number of halogens is 1. The number of nitrogens with zero attached hydrogens (tertiary/aromatic N) is 1. The van der Waals surface area contributed by atoms with Gasteiger partial charge in [0.15, 0.2) is 11.5 Å². The number of benzene rings is 1. The summed E-state index contributed by atoms with van der Waals surface area (Å²) in [5, 5.41) is 11.0. The first kappa shape index (κ1) is 13.9. The first-order chi connectivity index (χ1) is 8.99. The van der Waals surface area contributed by atoms with E-state index in [-0.39, 0.29) is 17.0 Å². The van der Waals surface area contributed by atoms with Gasteiger partial charge in [-0.3, -0.25) is 10.1 Å². The van der Waals surface area contributed by atoms with Gasteiger partial charge in [0, 0.05) is 10.9 Å². The molecule has 0 saturated heterocycles. The van der Waals surface area contributed by atoms with Crippen LogP contribution < -0.4 is 9.47 Å². The fourth-order valence-electron chi connectivity index (χ4n) is 1.90. The molecule has 0 aliphatic carbocycles. The number of ether oxygens (including phenoxy) is 2. The van der Waals surface area contributed by atoms with E-state index in [0.717, 1.165) is 0 Å². The Kier molecular flexibility index (Phi) is 4.14. The van der Waals surface area contributed by atoms with Crippen LogP contribution in [0, 0.1) is 16.0 Å². The smallest absolute Gasteiger partial charge is 0.276 e. The van der Waals surface area contributed by atoms with Crippen molar-refractivity contribution >= 4 is 17.3 Å². The second kappa shape index (κ2) is 5.65. The third kappa shape index (κ3) is 3.10. The van der Waals surface area contributed by atoms with Crippen molar-refractivity contribution in [1.82, 2.24) is 0 Å². The van der Waals surface area contributed by atoms with E-state index in [9.17, 15) is 10.1 Å². The summed E-state index contributed by atoms with van der Waals surface area (Å²) in [5.74, 6) is 1.23. The van der Waals surface area contributed by atoms with Crippen LogP contribution in [0.2, 0.25) is 0 Å². The fourth-order valence-corrected chi connectivity index (χ4v) is 2.07. The number of alkyl halides is 1. The monoisotopic (exact) mass is 285 g/mol. The maximum atomic E-state index is 11.1. The largest absolute Gasteiger partial charge is 0.486 e. The minimum Gasteiger partial charge on any atom is -0.486 e. The molecule has 19 heavy (non-hydrogen) atoms. The summed E-state index contributed by atoms with van der Waals surface area (Å²) < 4.78 is 10.8. The van der Waals surface area contributed by atoms with E-state index in [0.29, 0.717) is 36.7 Å². The quantitative estimate of drug-likeness (QED) is 0.484. The van der Waals surface area contributed by atoms with Gasteiger partial charge in [-0.2, -0.15) is 0 Å². The van der Waals surface area contributed by atoms with E-state index in [1.165, 1.54) is 6.07 Å². The molecule has 1 atom stereocenters. The van der Waals surface area contributed by atoms with Gasteiger partial charge in [0.2, 0.25) is 0 Å². The molecule has 1 aromatic carbocycles. The molecule has 0 spiro atoms. The van der Waals surface area contributed by atoms with Crippen molar-refractivity contribution in [2.24, 2.45) is 5.92 Å². The van der Waals surface area contributed by atoms with Crippen LogP contribution in [0.3, 0.4) is 0 Å². The Labute approximate surface area is 116 Å². The van der Waals surface area contributed by atoms with Crippen LogP contribution in [0.4, 0.5) is 5.69 Å². The summed E-state index contributed by atoms with van der Waals surface area (Å²) in [7, 11) is 0. The third-order valence-corrected chi connectivity index (χ3v) is 3.74. The average Bonchev–Trinajstić information content (AvgIpc) is 2.37. The number of rotatable bonds is 4. The zero-order valence-corrected chi connectivity index (χ0v) is 11.6. The van der Waals surface area contributed by atoms with Crippen LogP contribution in [0.5, 0.6) is 11.5 Å². The molecule has 0 saturated carbocycles. The van der Waals surface area contributed by atoms with Crippen molar-refractivity contribution in [1.29, 1.82) is 0 Å². The summed E-state index contributed by atoms with van der Waals surface area (Å²) in [6, 6.07) is 3.10. The van der Waals surface area contributed by atoms with Crippen LogP contribution >= 0.6 is 11.6 Å². The molecule has 0 radical (unpaired) electrons. The lowest BCUT2D eigenvalue weighted by atomic mass is 10.00. The van der Waals surface area contributed by atoms with Gasteiger partial charge in [0.1, 0.15) is 13.2 Å². The van der Waals surface area contributed by atoms with E-state index >= 15 is 0 Å². The second-order valence-corrected chi connectivity index (χ2v) is 5.41. The molecule has 0 N–H and O–H groups in total. The molecule has 0 amide bonds. The highest BCUT2D eigenvalue weighted by Crippen LogP contribution is 2.37. The van der Waals surface area contributed by atoms with Crippen molar-refractivity contribution in [3.63, 3.8) is 0 Å². The van der Waals surface area contributed by atoms with E-state index in [2.05, 4.69) is 0 Å². The highest BCUT2D eigenvalue weighted by Gasteiger charge is 2.24. The zero-order valence-electron chi connectivity index (χ0n) is 10.9. The number of fused-ring (bicyclic) bond motifs is 1. The van der Waals surface area contributed by atoms with E-state index in [1.807, 2.05) is 13.8 Å². The molecule has 6 heteroatoms. The Balaban J connectivity index is 2.37. The van der Waals surface area contributed by atoms with Crippen molar-refractivity contribution in [3.8, 4) is 11.5 Å². The van der Waals surface area contributed by atoms with Crippen molar-refractivity contribution in [2.45, 2.75) is 25.6 Å². The first-order valence-corrected chi connectivity index (χ1v) is 6.63. The topological polar surface area (TPSA) is 61.6 Å². The standard InChI is InChI=1S/C13H16ClNO4/c1-8(2)10(14)5-9-6-12-13(19-4-3-18-12)7-11(9)15(16)17/h6-8,10H,3-5H2,1-2H3. The van der Waals surface area contributed by atoms with Crippen LogP contribution in [-0.4, -0.2) is 23.5 Å². The lowest BCUT2D eigenvalue weighted by Crippen LogP contribution is -2.17. The van der Waals surface area contributed by atoms with Gasteiger partial charge in [-0.1, -0.05) is 13.8 Å². The molecule has 0 aromatic heterocycles. The lowest BCUT2D eigenvalue weighted by molar-refractivity contribution is -0.385. The van der Waals surface area contributed by atoms with Gasteiger partial charge in [-0.25, -0.2) is 0 Å². The molecule has 1 aliphatic rings. The molecule has 1 aliphatic heterocycles. The number of nitro groups is 1. The van der Waals surface area contributed by atoms with E-state index in [1.54, 1.807) is 6.07 Å². The van der Waals surface area contributed by atoms with Crippen molar-refractivity contribution < 1.29 is 14.4 Å². The first-order valence-electron chi connectivity index (χ1n) is 6.20. The van der Waals surface area contributed by atoms with E-state index < -0.39 is 4.92 Å². The molecule has 0 bridgehead atoms. The van der Waals surface area contributed by atoms with E-state index in [4.69, 9.17) is 21.1 Å². The number of nitro benzene ring substituents is 1. The van der Waals surface area contributed by atoms with Gasteiger partial charge < -0.3 is 9.47 Å². The number of hydrogen-bond donors (Lipinski definition) is 0. The molecule has 104 valence electrons. The molecule has 2 rings (SSSR count). The van der Waals surface area contributed by atoms with Crippen LogP contribution in [0.15, 0.2) is 12.1 Å². The molecule has 1 heterocycles. The highest BCUT2D eigenvalue weighted by atomic mass is 35.5. The van der Waals surface area contributed by atoms with Crippen molar-refractivity contribution in [3.05, 3.63) is 27.8 Å². The van der Waals surface area contributed by atoms with Gasteiger partial charge in [-0.15, -0.1) is 11.6 Å². The maximum absolute atomic E-state index is 11.1. The predicted molar refractivity (Wildman–Crippen MR) is 72.3 cm³/mol. The minimum absolute atomic E-state index is 0.0375. The Morgan fingerprint density at radius 2 is 1.89 bits per heavy atom. The number of hydrogen-bond acceptors (Lipinski definition) is 4. The maximum Gasteiger partial charge on any atom is 0.276 e. The fraction of sp³-hybridized carbons (Fsp3) is 0.538. The summed E-state index contributed by atoms with van der Waals surface area (Å²) in [4.78, 5) is 10.7. The Morgan fingerprint density at radius 3 is 2.42 bits per heavy atom. The second-order valence-electron chi connectivity index (χ2n) is 4.85. The van der Waals surface area contributed by atoms with Gasteiger partial charge >= 0.3 is 0 Å². The van der Waals surface area contributed by atoms with Crippen molar-refractivity contribution in [2.75, 3.05) is 13.2 Å². The van der Waals surface area contributed by atoms with Crippen LogP contribution in [0.1, 0.15) is 19.4 Å². The minimum atomic E-state index is -0.405. The normalized spacial score (nSPS) is 15.4. The van der Waals surface area contributed by atoms with Crippen LogP contribution in [-0.2, 0) is 6.42 Å². The molecular weight excluding hydrogens is 270 g/mol. The summed E-state index contributed by atoms with van der Waals surface area (Å²) in [6.45, 7) is 4.84. The Morgan fingerprint density at radius 1 is 1.32 bits per heavy atom. The molecular formula is C13H16ClNO4. The van der Waals surface area contributed by atoms with Gasteiger partial charge in [0.05, 0.1) is 11.0 Å². The average molecular weight is 286 g/mol. The predicted octanol–water partition coefficient (Wildman–Crippen LogP) is 3.17. The van der Waals surface area contributed by atoms with Crippen LogP contribution in [0.25, 0.3) is 0 Å². The lowest BCUT2D eigenvalue weighted by Gasteiger charge is -2.20. The molecule has 1 aromatic rings. The Bertz CT molecular complexity index is 490. The molecule has 1 unspecified atom stereocenters.